The van der Waals surface area contributed by atoms with Gasteiger partial charge in [-0.05, 0) is 13.3 Å². The van der Waals surface area contributed by atoms with E-state index in [4.69, 9.17) is 0 Å². The van der Waals surface area contributed by atoms with Crippen LogP contribution in [0.5, 0.6) is 0 Å². The molecule has 1 aliphatic heterocycles. The minimum Gasteiger partial charge on any atom is -0.255 e. The molecule has 0 aromatic rings. The fourth-order valence-electron chi connectivity index (χ4n) is 1.03. The normalized spacial score (nSPS) is 24.1. The second kappa shape index (κ2) is 2.99. The molecule has 1 fully saturated rings. The van der Waals surface area contributed by atoms with Gasteiger partial charge in [0.1, 0.15) is 0 Å². The second-order valence-electron chi connectivity index (χ2n) is 2.43. The molecule has 9 heavy (non-hydrogen) atoms. The van der Waals surface area contributed by atoms with Crippen molar-refractivity contribution in [3.8, 4) is 0 Å². The summed E-state index contributed by atoms with van der Waals surface area (Å²) >= 11 is 0. The minimum absolute atomic E-state index is 0.479. The van der Waals surface area contributed by atoms with Crippen LogP contribution in [0.25, 0.3) is 0 Å². The van der Waals surface area contributed by atoms with Crippen LogP contribution in [-0.4, -0.2) is 24.1 Å². The number of hydrogen-bond donors (Lipinski definition) is 1. The highest BCUT2D eigenvalue weighted by Crippen LogP contribution is 2.02. The Bertz CT molecular complexity index is 95.1. The van der Waals surface area contributed by atoms with Crippen molar-refractivity contribution in [2.75, 3.05) is 13.1 Å². The Hall–Kier alpha value is -0.340. The highest BCUT2D eigenvalue weighted by Gasteiger charge is 2.13. The zero-order chi connectivity index (χ0) is 6.69. The Morgan fingerprint density at radius 2 is 2.56 bits per heavy atom. The Kier molecular flexibility index (Phi) is 2.25. The lowest BCUT2D eigenvalue weighted by Crippen LogP contribution is -2.37. The van der Waals surface area contributed by atoms with E-state index in [-0.39, 0.29) is 0 Å². The highest BCUT2D eigenvalue weighted by atomic mass is 15.5. The largest absolute Gasteiger partial charge is 0.255 e. The summed E-state index contributed by atoms with van der Waals surface area (Å²) < 4.78 is 0. The Labute approximate surface area is 56.5 Å². The van der Waals surface area contributed by atoms with Crippen LogP contribution in [-0.2, 0) is 0 Å². The van der Waals surface area contributed by atoms with E-state index in [9.17, 15) is 0 Å². The Balaban J connectivity index is 2.32. The quantitative estimate of drug-likeness (QED) is 0.550. The zero-order valence-corrected chi connectivity index (χ0v) is 5.93. The average Bonchev–Trinajstić information content (AvgIpc) is 2.37. The predicted molar refractivity (Wildman–Crippen MR) is 39.0 cm³/mol. The third kappa shape index (κ3) is 1.53. The van der Waals surface area contributed by atoms with Crippen molar-refractivity contribution >= 4 is 0 Å². The van der Waals surface area contributed by atoms with E-state index >= 15 is 0 Å². The van der Waals surface area contributed by atoms with Crippen molar-refractivity contribution in [1.82, 2.24) is 10.4 Å². The molecule has 1 atom stereocenters. The summed E-state index contributed by atoms with van der Waals surface area (Å²) in [6.07, 6.45) is 3.22. The molecule has 0 aliphatic carbocycles. The van der Waals surface area contributed by atoms with E-state index < -0.39 is 0 Å². The Morgan fingerprint density at radius 1 is 1.78 bits per heavy atom. The molecule has 52 valence electrons. The number of nitrogens with zero attached hydrogens (tertiary/aromatic N) is 1. The number of hydrogen-bond acceptors (Lipinski definition) is 2. The molecule has 0 amide bonds. The van der Waals surface area contributed by atoms with E-state index in [1.807, 2.05) is 6.08 Å². The molecule has 1 rings (SSSR count). The molecule has 1 unspecified atom stereocenters. The maximum Gasteiger partial charge on any atom is 0.0392 e. The summed E-state index contributed by atoms with van der Waals surface area (Å²) in [5, 5.41) is 2.22. The fourth-order valence-corrected chi connectivity index (χ4v) is 1.03. The number of rotatable bonds is 2. The minimum atomic E-state index is 0.479. The monoisotopic (exact) mass is 126 g/mol. The number of hydrazine groups is 1. The molecular weight excluding hydrogens is 112 g/mol. The smallest absolute Gasteiger partial charge is 0.0392 e. The van der Waals surface area contributed by atoms with Gasteiger partial charge in [0, 0.05) is 19.1 Å². The topological polar surface area (TPSA) is 15.3 Å². The van der Waals surface area contributed by atoms with Gasteiger partial charge in [-0.2, -0.15) is 0 Å². The van der Waals surface area contributed by atoms with Gasteiger partial charge in [-0.15, -0.1) is 6.58 Å². The van der Waals surface area contributed by atoms with E-state index in [0.29, 0.717) is 6.04 Å². The van der Waals surface area contributed by atoms with Gasteiger partial charge in [-0.3, -0.25) is 5.43 Å². The van der Waals surface area contributed by atoms with Gasteiger partial charge in [-0.25, -0.2) is 5.01 Å². The third-order valence-corrected chi connectivity index (χ3v) is 1.72. The van der Waals surface area contributed by atoms with Crippen molar-refractivity contribution in [3.05, 3.63) is 12.7 Å². The Morgan fingerprint density at radius 3 is 3.00 bits per heavy atom. The molecule has 0 spiro atoms. The van der Waals surface area contributed by atoms with Crippen molar-refractivity contribution < 1.29 is 0 Å². The van der Waals surface area contributed by atoms with Crippen LogP contribution in [0.4, 0.5) is 0 Å². The average molecular weight is 126 g/mol. The fraction of sp³-hybridized carbons (Fsp3) is 0.714. The van der Waals surface area contributed by atoms with Gasteiger partial charge in [0.2, 0.25) is 0 Å². The summed E-state index contributed by atoms with van der Waals surface area (Å²) in [5.74, 6) is 0. The molecule has 0 bridgehead atoms. The highest BCUT2D eigenvalue weighted by molar-refractivity contribution is 4.83. The molecule has 0 aromatic heterocycles. The summed E-state index contributed by atoms with van der Waals surface area (Å²) in [6.45, 7) is 8.15. The van der Waals surface area contributed by atoms with Crippen LogP contribution >= 0.6 is 0 Å². The third-order valence-electron chi connectivity index (χ3n) is 1.72. The van der Waals surface area contributed by atoms with Gasteiger partial charge in [0.25, 0.3) is 0 Å². The first-order valence-corrected chi connectivity index (χ1v) is 3.47. The van der Waals surface area contributed by atoms with Crippen LogP contribution in [0.2, 0.25) is 0 Å². The molecular formula is C7H14N2. The zero-order valence-electron chi connectivity index (χ0n) is 5.93. The van der Waals surface area contributed by atoms with Crippen LogP contribution in [0.3, 0.4) is 0 Å². The first-order valence-electron chi connectivity index (χ1n) is 3.47. The summed E-state index contributed by atoms with van der Waals surface area (Å²) in [7, 11) is 0. The van der Waals surface area contributed by atoms with Crippen molar-refractivity contribution in [2.45, 2.75) is 19.4 Å². The van der Waals surface area contributed by atoms with Crippen molar-refractivity contribution in [3.63, 3.8) is 0 Å². The molecule has 0 aromatic carbocycles. The van der Waals surface area contributed by atoms with E-state index in [1.54, 1.807) is 0 Å². The molecule has 1 aliphatic rings. The molecule has 2 heteroatoms. The number of nitrogens with one attached hydrogen (secondary N) is 1. The summed E-state index contributed by atoms with van der Waals surface area (Å²) in [6, 6.07) is 0.479. The first kappa shape index (κ1) is 6.78. The molecule has 1 N–H and O–H groups in total. The van der Waals surface area contributed by atoms with Crippen LogP contribution < -0.4 is 5.43 Å². The maximum atomic E-state index is 3.72. The van der Waals surface area contributed by atoms with Gasteiger partial charge < -0.3 is 0 Å². The molecule has 0 radical (unpaired) electrons. The lowest BCUT2D eigenvalue weighted by Gasteiger charge is -2.19. The van der Waals surface area contributed by atoms with Crippen LogP contribution in [0, 0.1) is 0 Å². The predicted octanol–water partition coefficient (Wildman–Crippen LogP) is 0.771. The van der Waals surface area contributed by atoms with E-state index in [0.717, 1.165) is 13.1 Å². The maximum absolute atomic E-state index is 3.72. The molecule has 1 heterocycles. The SMILES string of the molecule is C=CC(C)N1CCCN1. The van der Waals surface area contributed by atoms with E-state index in [1.165, 1.54) is 6.42 Å². The van der Waals surface area contributed by atoms with Gasteiger partial charge in [0.15, 0.2) is 0 Å². The molecule has 0 saturated carbocycles. The standard InChI is InChI=1S/C7H14N2/c1-3-7(2)9-6-4-5-8-9/h3,7-8H,1,4-6H2,2H3. The van der Waals surface area contributed by atoms with Crippen molar-refractivity contribution in [2.24, 2.45) is 0 Å². The molecule has 2 nitrogen and oxygen atoms in total. The van der Waals surface area contributed by atoms with Crippen LogP contribution in [0.1, 0.15) is 13.3 Å². The van der Waals surface area contributed by atoms with Gasteiger partial charge in [-0.1, -0.05) is 6.08 Å². The van der Waals surface area contributed by atoms with Crippen molar-refractivity contribution in [1.29, 1.82) is 0 Å². The second-order valence-corrected chi connectivity index (χ2v) is 2.43. The summed E-state index contributed by atoms with van der Waals surface area (Å²) in [4.78, 5) is 0. The van der Waals surface area contributed by atoms with Gasteiger partial charge >= 0.3 is 0 Å². The van der Waals surface area contributed by atoms with Gasteiger partial charge in [0.05, 0.1) is 0 Å². The lowest BCUT2D eigenvalue weighted by molar-refractivity contribution is 0.220. The first-order chi connectivity index (χ1) is 4.34. The van der Waals surface area contributed by atoms with Crippen LogP contribution in [0.15, 0.2) is 12.7 Å². The van der Waals surface area contributed by atoms with E-state index in [2.05, 4.69) is 23.9 Å². The summed E-state index contributed by atoms with van der Waals surface area (Å²) in [5.41, 5.74) is 3.27. The molecule has 1 saturated heterocycles. The lowest BCUT2D eigenvalue weighted by atomic mass is 10.3.